The third kappa shape index (κ3) is 6.46. The average Bonchev–Trinajstić information content (AvgIpc) is 2.75. The molecule has 2 heterocycles. The maximum absolute atomic E-state index is 13.2. The number of nitrogens with zero attached hydrogens (tertiary/aromatic N) is 3. The Balaban J connectivity index is 1.80. The van der Waals surface area contributed by atoms with Gasteiger partial charge in [0.25, 0.3) is 0 Å². The first-order valence-corrected chi connectivity index (χ1v) is 10.9. The smallest absolute Gasteiger partial charge is 0.238 e. The molecule has 0 saturated carbocycles. The maximum atomic E-state index is 13.2. The molecule has 5 heteroatoms. The van der Waals surface area contributed by atoms with Crippen LogP contribution >= 0.6 is 0 Å². The van der Waals surface area contributed by atoms with Crippen LogP contribution in [-0.4, -0.2) is 27.3 Å². The van der Waals surface area contributed by atoms with Crippen molar-refractivity contribution in [1.29, 1.82) is 0 Å². The number of para-hydroxylation sites is 1. The second kappa shape index (κ2) is 10.8. The van der Waals surface area contributed by atoms with Gasteiger partial charge in [0.1, 0.15) is 0 Å². The lowest BCUT2D eigenvalue weighted by atomic mass is 9.92. The predicted molar refractivity (Wildman–Crippen MR) is 126 cm³/mol. The van der Waals surface area contributed by atoms with E-state index >= 15 is 0 Å². The van der Waals surface area contributed by atoms with Crippen molar-refractivity contribution in [2.75, 3.05) is 11.9 Å². The molecule has 0 unspecified atom stereocenters. The van der Waals surface area contributed by atoms with Crippen LogP contribution in [-0.2, 0) is 17.9 Å². The van der Waals surface area contributed by atoms with Crippen molar-refractivity contribution in [3.8, 4) is 0 Å². The van der Waals surface area contributed by atoms with Crippen molar-refractivity contribution in [2.24, 2.45) is 0 Å². The van der Waals surface area contributed by atoms with Crippen LogP contribution in [0.15, 0.2) is 67.0 Å². The van der Waals surface area contributed by atoms with Crippen LogP contribution in [0.3, 0.4) is 0 Å². The van der Waals surface area contributed by atoms with Gasteiger partial charge < -0.3 is 5.32 Å². The number of hydrogen-bond donors (Lipinski definition) is 1. The second-order valence-electron chi connectivity index (χ2n) is 8.46. The van der Waals surface area contributed by atoms with E-state index < -0.39 is 0 Å². The minimum atomic E-state index is -0.0261. The summed E-state index contributed by atoms with van der Waals surface area (Å²) in [4.78, 5) is 24.1. The Kier molecular flexibility index (Phi) is 7.90. The number of nitrogens with one attached hydrogen (secondary N) is 1. The van der Waals surface area contributed by atoms with E-state index in [4.69, 9.17) is 0 Å². The summed E-state index contributed by atoms with van der Waals surface area (Å²) in [7, 11) is 0. The van der Waals surface area contributed by atoms with Gasteiger partial charge in [-0.25, -0.2) is 0 Å². The Hall–Kier alpha value is -3.05. The van der Waals surface area contributed by atoms with Gasteiger partial charge in [-0.3, -0.25) is 19.7 Å². The Morgan fingerprint density at radius 1 is 0.806 bits per heavy atom. The standard InChI is InChI=1S/C26H32N4O/c1-19(2)23-12-9-13-24(20(3)4)26(23)29-25(31)18-30(16-21-10-5-7-14-27-21)17-22-11-6-8-15-28-22/h5-15,19-20H,16-18H2,1-4H3,(H,29,31). The van der Waals surface area contributed by atoms with Gasteiger partial charge in [0, 0.05) is 31.2 Å². The molecule has 0 spiro atoms. The van der Waals surface area contributed by atoms with Crippen molar-refractivity contribution in [3.63, 3.8) is 0 Å². The first-order chi connectivity index (χ1) is 14.9. The van der Waals surface area contributed by atoms with Gasteiger partial charge in [0.15, 0.2) is 0 Å². The second-order valence-corrected chi connectivity index (χ2v) is 8.46. The van der Waals surface area contributed by atoms with Gasteiger partial charge in [0.2, 0.25) is 5.91 Å². The molecule has 0 atom stereocenters. The molecule has 162 valence electrons. The monoisotopic (exact) mass is 416 g/mol. The Morgan fingerprint density at radius 3 is 1.74 bits per heavy atom. The quantitative estimate of drug-likeness (QED) is 0.510. The highest BCUT2D eigenvalue weighted by molar-refractivity contribution is 5.94. The van der Waals surface area contributed by atoms with Crippen molar-refractivity contribution in [3.05, 3.63) is 89.5 Å². The minimum Gasteiger partial charge on any atom is -0.324 e. The predicted octanol–water partition coefficient (Wildman–Crippen LogP) is 5.36. The van der Waals surface area contributed by atoms with Gasteiger partial charge in [-0.1, -0.05) is 58.0 Å². The van der Waals surface area contributed by atoms with E-state index in [1.54, 1.807) is 12.4 Å². The summed E-state index contributed by atoms with van der Waals surface area (Å²) >= 11 is 0. The highest BCUT2D eigenvalue weighted by Crippen LogP contribution is 2.32. The minimum absolute atomic E-state index is 0.0261. The van der Waals surface area contributed by atoms with Gasteiger partial charge in [0.05, 0.1) is 17.9 Å². The molecule has 0 aliphatic heterocycles. The zero-order valence-electron chi connectivity index (χ0n) is 18.9. The van der Waals surface area contributed by atoms with Crippen molar-refractivity contribution >= 4 is 11.6 Å². The number of benzene rings is 1. The molecule has 31 heavy (non-hydrogen) atoms. The Bertz CT molecular complexity index is 903. The number of rotatable bonds is 9. The SMILES string of the molecule is CC(C)c1cccc(C(C)C)c1NC(=O)CN(Cc1ccccn1)Cc1ccccn1. The van der Waals surface area contributed by atoms with E-state index in [-0.39, 0.29) is 12.5 Å². The Labute approximate surface area is 185 Å². The fourth-order valence-electron chi connectivity index (χ4n) is 3.69. The number of hydrogen-bond acceptors (Lipinski definition) is 4. The van der Waals surface area contributed by atoms with Crippen LogP contribution in [0.4, 0.5) is 5.69 Å². The molecule has 1 amide bonds. The normalized spacial score (nSPS) is 11.3. The highest BCUT2D eigenvalue weighted by Gasteiger charge is 2.18. The lowest BCUT2D eigenvalue weighted by Crippen LogP contribution is -2.33. The first-order valence-electron chi connectivity index (χ1n) is 10.9. The van der Waals surface area contributed by atoms with E-state index in [1.807, 2.05) is 36.4 Å². The molecule has 3 aromatic rings. The van der Waals surface area contributed by atoms with Crippen LogP contribution in [0, 0.1) is 0 Å². The van der Waals surface area contributed by atoms with Crippen LogP contribution in [0.5, 0.6) is 0 Å². The van der Waals surface area contributed by atoms with Gasteiger partial charge >= 0.3 is 0 Å². The van der Waals surface area contributed by atoms with Crippen LogP contribution < -0.4 is 5.32 Å². The van der Waals surface area contributed by atoms with Crippen molar-refractivity contribution in [2.45, 2.75) is 52.6 Å². The number of carbonyl (C=O) groups is 1. The molecular formula is C26H32N4O. The number of carbonyl (C=O) groups excluding carboxylic acids is 1. The number of anilines is 1. The summed E-state index contributed by atoms with van der Waals surface area (Å²) in [5.74, 6) is 0.626. The molecule has 0 aliphatic rings. The summed E-state index contributed by atoms with van der Waals surface area (Å²) in [6.45, 7) is 10.0. The fourth-order valence-corrected chi connectivity index (χ4v) is 3.69. The zero-order valence-corrected chi connectivity index (χ0v) is 18.9. The molecule has 0 bridgehead atoms. The molecule has 0 radical (unpaired) electrons. The average molecular weight is 417 g/mol. The van der Waals surface area contributed by atoms with Crippen LogP contribution in [0.25, 0.3) is 0 Å². The highest BCUT2D eigenvalue weighted by atomic mass is 16.2. The van der Waals surface area contributed by atoms with E-state index in [0.29, 0.717) is 24.9 Å². The largest absolute Gasteiger partial charge is 0.324 e. The van der Waals surface area contributed by atoms with E-state index in [0.717, 1.165) is 17.1 Å². The Morgan fingerprint density at radius 2 is 1.32 bits per heavy atom. The van der Waals surface area contributed by atoms with Crippen molar-refractivity contribution < 1.29 is 4.79 Å². The molecule has 0 fully saturated rings. The van der Waals surface area contributed by atoms with Gasteiger partial charge in [-0.2, -0.15) is 0 Å². The summed E-state index contributed by atoms with van der Waals surface area (Å²) in [6, 6.07) is 18.0. The van der Waals surface area contributed by atoms with Crippen molar-refractivity contribution in [1.82, 2.24) is 14.9 Å². The number of amides is 1. The molecule has 3 rings (SSSR count). The molecule has 2 aromatic heterocycles. The van der Waals surface area contributed by atoms with Crippen LogP contribution in [0.2, 0.25) is 0 Å². The molecule has 5 nitrogen and oxygen atoms in total. The fraction of sp³-hybridized carbons (Fsp3) is 0.346. The third-order valence-electron chi connectivity index (χ3n) is 5.23. The molecule has 1 aromatic carbocycles. The first kappa shape index (κ1) is 22.6. The van der Waals surface area contributed by atoms with E-state index in [2.05, 4.69) is 66.1 Å². The van der Waals surface area contributed by atoms with E-state index in [1.165, 1.54) is 11.1 Å². The van der Waals surface area contributed by atoms with Gasteiger partial charge in [-0.05, 0) is 47.2 Å². The topological polar surface area (TPSA) is 58.1 Å². The maximum Gasteiger partial charge on any atom is 0.238 e. The molecule has 0 saturated heterocycles. The van der Waals surface area contributed by atoms with Gasteiger partial charge in [-0.15, -0.1) is 0 Å². The van der Waals surface area contributed by atoms with Crippen LogP contribution in [0.1, 0.15) is 62.0 Å². The summed E-state index contributed by atoms with van der Waals surface area (Å²) < 4.78 is 0. The molecule has 0 aliphatic carbocycles. The number of aromatic nitrogens is 2. The lowest BCUT2D eigenvalue weighted by Gasteiger charge is -2.24. The molecule has 1 N–H and O–H groups in total. The summed E-state index contributed by atoms with van der Waals surface area (Å²) in [5.41, 5.74) is 5.14. The lowest BCUT2D eigenvalue weighted by molar-refractivity contribution is -0.117. The molecular weight excluding hydrogens is 384 g/mol. The van der Waals surface area contributed by atoms with E-state index in [9.17, 15) is 4.79 Å². The zero-order chi connectivity index (χ0) is 22.2. The summed E-state index contributed by atoms with van der Waals surface area (Å²) in [5, 5.41) is 3.22. The third-order valence-corrected chi connectivity index (χ3v) is 5.23. The number of pyridine rings is 2. The summed E-state index contributed by atoms with van der Waals surface area (Å²) in [6.07, 6.45) is 3.56.